The van der Waals surface area contributed by atoms with E-state index in [9.17, 15) is 0 Å². The Morgan fingerprint density at radius 2 is 1.96 bits per heavy atom. The lowest BCUT2D eigenvalue weighted by molar-refractivity contribution is 0.200. The van der Waals surface area contributed by atoms with Crippen molar-refractivity contribution in [2.75, 3.05) is 25.0 Å². The van der Waals surface area contributed by atoms with Crippen molar-refractivity contribution in [3.05, 3.63) is 35.5 Å². The van der Waals surface area contributed by atoms with Gasteiger partial charge in [-0.3, -0.25) is 9.58 Å². The van der Waals surface area contributed by atoms with Gasteiger partial charge in [0.15, 0.2) is 0 Å². The lowest BCUT2D eigenvalue weighted by Crippen LogP contribution is -2.43. The molecule has 0 bridgehead atoms. The minimum Gasteiger partial charge on any atom is -0.356 e. The van der Waals surface area contributed by atoms with Gasteiger partial charge in [0.25, 0.3) is 0 Å². The van der Waals surface area contributed by atoms with Gasteiger partial charge in [0.05, 0.1) is 6.20 Å². The summed E-state index contributed by atoms with van der Waals surface area (Å²) in [5.74, 6) is 1.97. The Hall–Kier alpha value is -1.95. The van der Waals surface area contributed by atoms with Gasteiger partial charge in [-0.05, 0) is 40.2 Å². The number of piperidine rings is 1. The number of aromatic nitrogens is 4. The Morgan fingerprint density at radius 1 is 1.20 bits per heavy atom. The maximum absolute atomic E-state index is 4.65. The molecule has 1 fully saturated rings. The highest BCUT2D eigenvalue weighted by Gasteiger charge is 2.24. The molecule has 1 saturated heterocycles. The molecule has 0 amide bonds. The van der Waals surface area contributed by atoms with Crippen molar-refractivity contribution in [3.8, 4) is 0 Å². The maximum Gasteiger partial charge on any atom is 0.132 e. The van der Waals surface area contributed by atoms with E-state index in [4.69, 9.17) is 0 Å². The molecule has 0 spiro atoms. The second-order valence-corrected chi connectivity index (χ2v) is 6.96. The number of hydrogen-bond acceptors (Lipinski definition) is 5. The van der Waals surface area contributed by atoms with E-state index in [1.54, 1.807) is 0 Å². The number of hydrogen-bond donors (Lipinski definition) is 0. The lowest BCUT2D eigenvalue weighted by Gasteiger charge is -2.37. The van der Waals surface area contributed by atoms with Crippen LogP contribution in [-0.2, 0) is 19.5 Å². The van der Waals surface area contributed by atoms with E-state index in [1.807, 2.05) is 17.8 Å². The molecule has 0 atom stereocenters. The number of aryl methyl sites for hydroxylation is 3. The van der Waals surface area contributed by atoms with Crippen LogP contribution in [0.4, 0.5) is 5.82 Å². The first kappa shape index (κ1) is 17.9. The van der Waals surface area contributed by atoms with Gasteiger partial charge in [0.2, 0.25) is 0 Å². The first-order chi connectivity index (χ1) is 12.1. The van der Waals surface area contributed by atoms with Crippen LogP contribution in [0.1, 0.15) is 43.8 Å². The summed E-state index contributed by atoms with van der Waals surface area (Å²) in [6.45, 7) is 10.3. The van der Waals surface area contributed by atoms with E-state index in [-0.39, 0.29) is 0 Å². The first-order valence-corrected chi connectivity index (χ1v) is 9.40. The van der Waals surface area contributed by atoms with Crippen LogP contribution < -0.4 is 4.90 Å². The summed E-state index contributed by atoms with van der Waals surface area (Å²) in [6.07, 6.45) is 7.44. The molecule has 25 heavy (non-hydrogen) atoms. The fraction of sp³-hybridized carbons (Fsp3) is 0.632. The molecule has 6 nitrogen and oxygen atoms in total. The van der Waals surface area contributed by atoms with Gasteiger partial charge in [-0.25, -0.2) is 9.97 Å². The van der Waals surface area contributed by atoms with Crippen molar-refractivity contribution in [2.45, 2.75) is 59.2 Å². The highest BCUT2D eigenvalue weighted by atomic mass is 15.3. The van der Waals surface area contributed by atoms with Crippen LogP contribution in [0.5, 0.6) is 0 Å². The molecule has 1 aliphatic heterocycles. The molecule has 1 aliphatic rings. The molecule has 2 aromatic rings. The zero-order valence-electron chi connectivity index (χ0n) is 15.9. The largest absolute Gasteiger partial charge is 0.356 e. The smallest absolute Gasteiger partial charge is 0.132 e. The Labute approximate surface area is 150 Å². The quantitative estimate of drug-likeness (QED) is 0.808. The maximum atomic E-state index is 4.65. The van der Waals surface area contributed by atoms with Crippen molar-refractivity contribution in [1.82, 2.24) is 24.6 Å². The summed E-state index contributed by atoms with van der Waals surface area (Å²) in [5.41, 5.74) is 2.43. The summed E-state index contributed by atoms with van der Waals surface area (Å²) >= 11 is 0. The SMILES string of the molecule is CCc1cc(N2CCC(N(C)Cc3cnn(CC)c3)CC2)nc(C)n1. The highest BCUT2D eigenvalue weighted by Crippen LogP contribution is 2.22. The van der Waals surface area contributed by atoms with Crippen LogP contribution in [0.2, 0.25) is 0 Å². The minimum absolute atomic E-state index is 0.620. The normalized spacial score (nSPS) is 16.0. The molecule has 0 aromatic carbocycles. The third-order valence-corrected chi connectivity index (χ3v) is 5.09. The number of anilines is 1. The van der Waals surface area contributed by atoms with Crippen molar-refractivity contribution in [2.24, 2.45) is 0 Å². The predicted molar refractivity (Wildman–Crippen MR) is 101 cm³/mol. The molecular formula is C19H30N6. The molecule has 136 valence electrons. The van der Waals surface area contributed by atoms with Gasteiger partial charge in [0, 0.05) is 55.7 Å². The second-order valence-electron chi connectivity index (χ2n) is 6.96. The third kappa shape index (κ3) is 4.37. The van der Waals surface area contributed by atoms with Crippen LogP contribution in [0.3, 0.4) is 0 Å². The Morgan fingerprint density at radius 3 is 2.60 bits per heavy atom. The molecule has 0 aliphatic carbocycles. The van der Waals surface area contributed by atoms with E-state index >= 15 is 0 Å². The molecule has 0 radical (unpaired) electrons. The third-order valence-electron chi connectivity index (χ3n) is 5.09. The van der Waals surface area contributed by atoms with Crippen LogP contribution in [0.15, 0.2) is 18.5 Å². The zero-order chi connectivity index (χ0) is 17.8. The van der Waals surface area contributed by atoms with Crippen molar-refractivity contribution < 1.29 is 0 Å². The highest BCUT2D eigenvalue weighted by molar-refractivity contribution is 5.40. The summed E-state index contributed by atoms with van der Waals surface area (Å²) in [5, 5.41) is 4.38. The monoisotopic (exact) mass is 342 g/mol. The average molecular weight is 342 g/mol. The fourth-order valence-electron chi connectivity index (χ4n) is 3.57. The van der Waals surface area contributed by atoms with E-state index in [0.717, 1.165) is 49.9 Å². The minimum atomic E-state index is 0.620. The van der Waals surface area contributed by atoms with Crippen LogP contribution in [0, 0.1) is 6.92 Å². The van der Waals surface area contributed by atoms with Gasteiger partial charge in [0.1, 0.15) is 11.6 Å². The van der Waals surface area contributed by atoms with E-state index in [2.05, 4.69) is 58.0 Å². The summed E-state index contributed by atoms with van der Waals surface area (Å²) in [7, 11) is 2.23. The molecule has 0 saturated carbocycles. The average Bonchev–Trinajstić information content (AvgIpc) is 3.08. The van der Waals surface area contributed by atoms with Crippen LogP contribution in [0.25, 0.3) is 0 Å². The molecular weight excluding hydrogens is 312 g/mol. The Kier molecular flexibility index (Phi) is 5.68. The zero-order valence-corrected chi connectivity index (χ0v) is 15.9. The second kappa shape index (κ2) is 7.95. The molecule has 6 heteroatoms. The predicted octanol–water partition coefficient (Wildman–Crippen LogP) is 2.66. The van der Waals surface area contributed by atoms with E-state index < -0.39 is 0 Å². The van der Waals surface area contributed by atoms with E-state index in [1.165, 1.54) is 18.4 Å². The molecule has 0 N–H and O–H groups in total. The van der Waals surface area contributed by atoms with Crippen LogP contribution in [-0.4, -0.2) is 50.8 Å². The standard InChI is InChI=1S/C19H30N6/c1-5-17-11-19(22-15(3)21-17)24-9-7-18(8-10-24)23(4)13-16-12-20-25(6-2)14-16/h11-12,14,18H,5-10,13H2,1-4H3. The number of nitrogens with zero attached hydrogens (tertiary/aromatic N) is 6. The van der Waals surface area contributed by atoms with Gasteiger partial charge < -0.3 is 4.90 Å². The molecule has 0 unspecified atom stereocenters. The fourth-order valence-corrected chi connectivity index (χ4v) is 3.57. The molecule has 2 aromatic heterocycles. The molecule has 3 rings (SSSR count). The summed E-state index contributed by atoms with van der Waals surface area (Å²) in [6, 6.07) is 2.77. The van der Waals surface area contributed by atoms with Crippen molar-refractivity contribution in [1.29, 1.82) is 0 Å². The lowest BCUT2D eigenvalue weighted by atomic mass is 10.0. The van der Waals surface area contributed by atoms with E-state index in [0.29, 0.717) is 6.04 Å². The first-order valence-electron chi connectivity index (χ1n) is 9.40. The molecule has 3 heterocycles. The Bertz CT molecular complexity index is 687. The summed E-state index contributed by atoms with van der Waals surface area (Å²) < 4.78 is 1.99. The van der Waals surface area contributed by atoms with Gasteiger partial charge in [-0.15, -0.1) is 0 Å². The topological polar surface area (TPSA) is 50.1 Å². The van der Waals surface area contributed by atoms with Gasteiger partial charge in [-0.2, -0.15) is 5.10 Å². The van der Waals surface area contributed by atoms with Crippen molar-refractivity contribution in [3.63, 3.8) is 0 Å². The van der Waals surface area contributed by atoms with Gasteiger partial charge in [-0.1, -0.05) is 6.92 Å². The van der Waals surface area contributed by atoms with Crippen LogP contribution >= 0.6 is 0 Å². The van der Waals surface area contributed by atoms with Crippen molar-refractivity contribution >= 4 is 5.82 Å². The number of rotatable bonds is 6. The Balaban J connectivity index is 1.56. The summed E-state index contributed by atoms with van der Waals surface area (Å²) in [4.78, 5) is 14.0. The van der Waals surface area contributed by atoms with Gasteiger partial charge >= 0.3 is 0 Å².